The van der Waals surface area contributed by atoms with Crippen LogP contribution >= 0.6 is 0 Å². The number of aromatic nitrogens is 2. The van der Waals surface area contributed by atoms with Crippen LogP contribution < -0.4 is 5.43 Å². The molecule has 2 heterocycles. The number of hydrogen-bond acceptors (Lipinski definition) is 7. The smallest absolute Gasteiger partial charge is 0.433 e. The standard InChI is InChI=1S/C11H11N5O5/c1-15-6-7(5-12-13-11(17)20-2)10(14-15)8-3-4-9(21-8)16(18)19/h3-6H,1-2H3,(H,13,17). The highest BCUT2D eigenvalue weighted by molar-refractivity contribution is 5.88. The first-order chi connectivity index (χ1) is 10.0. The molecule has 10 heteroatoms. The van der Waals surface area contributed by atoms with E-state index in [4.69, 9.17) is 4.42 Å². The lowest BCUT2D eigenvalue weighted by Crippen LogP contribution is -2.16. The normalized spacial score (nSPS) is 10.8. The van der Waals surface area contributed by atoms with Crippen LogP contribution in [0, 0.1) is 10.1 Å². The molecule has 1 amide bonds. The molecule has 0 saturated carbocycles. The van der Waals surface area contributed by atoms with E-state index in [1.165, 1.54) is 30.1 Å². The van der Waals surface area contributed by atoms with Crippen LogP contribution in [0.5, 0.6) is 0 Å². The van der Waals surface area contributed by atoms with Gasteiger partial charge in [0.1, 0.15) is 10.6 Å². The highest BCUT2D eigenvalue weighted by atomic mass is 16.6. The number of carbonyl (C=O) groups is 1. The molecule has 0 aliphatic heterocycles. The molecule has 2 aromatic rings. The molecule has 1 N–H and O–H groups in total. The average molecular weight is 293 g/mol. The Hall–Kier alpha value is -3.17. The van der Waals surface area contributed by atoms with Crippen LogP contribution in [0.25, 0.3) is 11.5 Å². The molecule has 110 valence electrons. The Kier molecular flexibility index (Phi) is 3.97. The van der Waals surface area contributed by atoms with Crippen molar-refractivity contribution in [2.45, 2.75) is 0 Å². The number of carbonyl (C=O) groups excluding carboxylic acids is 1. The maximum absolute atomic E-state index is 10.9. The van der Waals surface area contributed by atoms with E-state index in [0.29, 0.717) is 11.3 Å². The van der Waals surface area contributed by atoms with Crippen molar-refractivity contribution in [3.63, 3.8) is 0 Å². The SMILES string of the molecule is COC(=O)NN=Cc1cn(C)nc1-c1ccc([N+](=O)[O-])o1. The van der Waals surface area contributed by atoms with Crippen molar-refractivity contribution in [1.29, 1.82) is 0 Å². The molecule has 0 aliphatic carbocycles. The van der Waals surface area contributed by atoms with E-state index in [2.05, 4.69) is 20.4 Å². The second-order valence-electron chi connectivity index (χ2n) is 3.86. The Morgan fingerprint density at radius 3 is 3.00 bits per heavy atom. The Balaban J connectivity index is 2.27. The van der Waals surface area contributed by atoms with Crippen molar-refractivity contribution in [2.75, 3.05) is 7.11 Å². The number of aryl methyl sites for hydroxylation is 1. The number of rotatable bonds is 4. The topological polar surface area (TPSA) is 125 Å². The molecular formula is C11H11N5O5. The van der Waals surface area contributed by atoms with Crippen LogP contribution in [0.1, 0.15) is 5.56 Å². The van der Waals surface area contributed by atoms with Gasteiger partial charge >= 0.3 is 12.0 Å². The fourth-order valence-electron chi connectivity index (χ4n) is 1.55. The van der Waals surface area contributed by atoms with Crippen LogP contribution in [0.3, 0.4) is 0 Å². The lowest BCUT2D eigenvalue weighted by Gasteiger charge is -1.95. The zero-order valence-corrected chi connectivity index (χ0v) is 11.1. The van der Waals surface area contributed by atoms with Crippen molar-refractivity contribution in [1.82, 2.24) is 15.2 Å². The number of furan rings is 1. The fourth-order valence-corrected chi connectivity index (χ4v) is 1.55. The number of methoxy groups -OCH3 is 1. The Labute approximate surface area is 118 Å². The van der Waals surface area contributed by atoms with Gasteiger partial charge in [-0.25, -0.2) is 10.2 Å². The molecule has 2 rings (SSSR count). The zero-order valence-electron chi connectivity index (χ0n) is 11.1. The largest absolute Gasteiger partial charge is 0.452 e. The third-order valence-electron chi connectivity index (χ3n) is 2.41. The van der Waals surface area contributed by atoms with E-state index in [9.17, 15) is 14.9 Å². The van der Waals surface area contributed by atoms with Crippen LogP contribution in [0.4, 0.5) is 10.7 Å². The maximum Gasteiger partial charge on any atom is 0.433 e. The van der Waals surface area contributed by atoms with Gasteiger partial charge < -0.3 is 9.15 Å². The monoisotopic (exact) mass is 293 g/mol. The molecule has 0 fully saturated rings. The van der Waals surface area contributed by atoms with Gasteiger partial charge in [0.05, 0.1) is 19.4 Å². The van der Waals surface area contributed by atoms with E-state index in [1.54, 1.807) is 13.2 Å². The molecular weight excluding hydrogens is 282 g/mol. The second-order valence-corrected chi connectivity index (χ2v) is 3.86. The van der Waals surface area contributed by atoms with Gasteiger partial charge in [0.25, 0.3) is 0 Å². The van der Waals surface area contributed by atoms with E-state index in [0.717, 1.165) is 0 Å². The van der Waals surface area contributed by atoms with E-state index in [-0.39, 0.29) is 11.6 Å². The lowest BCUT2D eigenvalue weighted by molar-refractivity contribution is -0.401. The lowest BCUT2D eigenvalue weighted by atomic mass is 10.2. The molecule has 0 atom stereocenters. The zero-order chi connectivity index (χ0) is 15.4. The third kappa shape index (κ3) is 3.23. The molecule has 0 spiro atoms. The third-order valence-corrected chi connectivity index (χ3v) is 2.41. The first kappa shape index (κ1) is 14.2. The van der Waals surface area contributed by atoms with Crippen molar-refractivity contribution < 1.29 is 18.9 Å². The minimum absolute atomic E-state index is 0.224. The molecule has 0 radical (unpaired) electrons. The van der Waals surface area contributed by atoms with Gasteiger partial charge in [-0.05, 0) is 6.07 Å². The first-order valence-corrected chi connectivity index (χ1v) is 5.66. The highest BCUT2D eigenvalue weighted by Crippen LogP contribution is 2.26. The first-order valence-electron chi connectivity index (χ1n) is 5.66. The van der Waals surface area contributed by atoms with E-state index >= 15 is 0 Å². The maximum atomic E-state index is 10.9. The van der Waals surface area contributed by atoms with Gasteiger partial charge in [0.2, 0.25) is 0 Å². The molecule has 21 heavy (non-hydrogen) atoms. The summed E-state index contributed by atoms with van der Waals surface area (Å²) in [7, 11) is 2.88. The minimum atomic E-state index is -0.717. The molecule has 0 aromatic carbocycles. The predicted octanol–water partition coefficient (Wildman–Crippen LogP) is 1.28. The Morgan fingerprint density at radius 2 is 2.38 bits per heavy atom. The summed E-state index contributed by atoms with van der Waals surface area (Å²) in [6, 6.07) is 2.67. The number of hydrazone groups is 1. The van der Waals surface area contributed by atoms with Crippen LogP contribution in [0.2, 0.25) is 0 Å². The second kappa shape index (κ2) is 5.86. The van der Waals surface area contributed by atoms with Crippen molar-refractivity contribution >= 4 is 18.2 Å². The summed E-state index contributed by atoms with van der Waals surface area (Å²) in [4.78, 5) is 20.9. The van der Waals surface area contributed by atoms with Crippen LogP contribution in [-0.2, 0) is 11.8 Å². The van der Waals surface area contributed by atoms with Crippen molar-refractivity contribution in [3.05, 3.63) is 34.0 Å². The molecule has 10 nitrogen and oxygen atoms in total. The molecule has 0 unspecified atom stereocenters. The summed E-state index contributed by atoms with van der Waals surface area (Å²) in [5.41, 5.74) is 3.00. The number of nitrogens with zero attached hydrogens (tertiary/aromatic N) is 4. The number of amides is 1. The Bertz CT molecular complexity index is 702. The quantitative estimate of drug-likeness (QED) is 0.514. The van der Waals surface area contributed by atoms with Crippen LogP contribution in [0.15, 0.2) is 27.8 Å². The summed E-state index contributed by atoms with van der Waals surface area (Å²) in [5.74, 6) is -0.159. The predicted molar refractivity (Wildman–Crippen MR) is 70.7 cm³/mol. The number of nitro groups is 1. The van der Waals surface area contributed by atoms with Gasteiger partial charge in [-0.2, -0.15) is 10.2 Å². The van der Waals surface area contributed by atoms with Gasteiger partial charge in [-0.1, -0.05) is 0 Å². The summed E-state index contributed by atoms with van der Waals surface area (Å²) in [6.07, 6.45) is 2.23. The molecule has 0 aliphatic rings. The molecule has 0 saturated heterocycles. The summed E-state index contributed by atoms with van der Waals surface area (Å²) in [6.45, 7) is 0. The van der Waals surface area contributed by atoms with Crippen LogP contribution in [-0.4, -0.2) is 34.1 Å². The van der Waals surface area contributed by atoms with E-state index in [1.807, 2.05) is 0 Å². The Morgan fingerprint density at radius 1 is 1.62 bits per heavy atom. The average Bonchev–Trinajstić information content (AvgIpc) is 3.05. The van der Waals surface area contributed by atoms with Gasteiger partial charge in [-0.3, -0.25) is 14.8 Å². The molecule has 2 aromatic heterocycles. The van der Waals surface area contributed by atoms with Crippen molar-refractivity contribution in [2.24, 2.45) is 12.1 Å². The number of hydrogen-bond donors (Lipinski definition) is 1. The number of ether oxygens (including phenoxy) is 1. The van der Waals surface area contributed by atoms with Crippen molar-refractivity contribution in [3.8, 4) is 11.5 Å². The van der Waals surface area contributed by atoms with Gasteiger partial charge in [-0.15, -0.1) is 0 Å². The van der Waals surface area contributed by atoms with Gasteiger partial charge in [0.15, 0.2) is 5.76 Å². The molecule has 0 bridgehead atoms. The fraction of sp³-hybridized carbons (Fsp3) is 0.182. The number of nitrogens with one attached hydrogen (secondary N) is 1. The summed E-state index contributed by atoms with van der Waals surface area (Å²) >= 11 is 0. The highest BCUT2D eigenvalue weighted by Gasteiger charge is 2.17. The van der Waals surface area contributed by atoms with E-state index < -0.39 is 11.0 Å². The van der Waals surface area contributed by atoms with Gasteiger partial charge in [0, 0.05) is 18.8 Å². The minimum Gasteiger partial charge on any atom is -0.452 e. The summed E-state index contributed by atoms with van der Waals surface area (Å²) in [5, 5.41) is 18.4. The summed E-state index contributed by atoms with van der Waals surface area (Å²) < 4.78 is 10.9.